The standard InChI is InChI=1S/C63H123NO5/c1-3-5-7-9-11-13-15-17-19-21-23-25-27-29-31-33-35-37-39-41-43-45-47-49-51-53-55-57-61(67)63(69)64-59(58-65)62(68)60(66)56-54-52-50-48-46-44-42-40-38-36-34-32-30-28-26-24-22-20-18-16-14-12-10-8-6-4-2/h40,42,48,50,59-62,65-68H,3-39,41,43-47,49,51-58H2,1-2H3,(H,64,69)/b42-40+,50-48+. The molecule has 4 atom stereocenters. The molecule has 0 aromatic rings. The Balaban J connectivity index is 3.62. The van der Waals surface area contributed by atoms with Gasteiger partial charge in [0.25, 0.3) is 0 Å². The molecule has 0 aromatic heterocycles. The summed E-state index contributed by atoms with van der Waals surface area (Å²) in [6, 6.07) is -1.01. The molecule has 410 valence electrons. The zero-order valence-electron chi connectivity index (χ0n) is 46.6. The van der Waals surface area contributed by atoms with Crippen molar-refractivity contribution in [1.29, 1.82) is 0 Å². The van der Waals surface area contributed by atoms with E-state index in [0.29, 0.717) is 19.3 Å². The van der Waals surface area contributed by atoms with E-state index in [9.17, 15) is 25.2 Å². The predicted molar refractivity (Wildman–Crippen MR) is 302 cm³/mol. The first kappa shape index (κ1) is 67.8. The lowest BCUT2D eigenvalue weighted by molar-refractivity contribution is -0.132. The predicted octanol–water partition coefficient (Wildman–Crippen LogP) is 18.6. The highest BCUT2D eigenvalue weighted by atomic mass is 16.3. The highest BCUT2D eigenvalue weighted by molar-refractivity contribution is 5.80. The Morgan fingerprint density at radius 3 is 0.913 bits per heavy atom. The lowest BCUT2D eigenvalue weighted by Crippen LogP contribution is -2.53. The Morgan fingerprint density at radius 2 is 0.609 bits per heavy atom. The zero-order valence-corrected chi connectivity index (χ0v) is 46.6. The smallest absolute Gasteiger partial charge is 0.249 e. The van der Waals surface area contributed by atoms with E-state index < -0.39 is 36.9 Å². The molecule has 0 aliphatic rings. The first-order valence-corrected chi connectivity index (χ1v) is 31.2. The van der Waals surface area contributed by atoms with Gasteiger partial charge in [0.05, 0.1) is 18.8 Å². The molecule has 0 radical (unpaired) electrons. The fourth-order valence-corrected chi connectivity index (χ4v) is 10.0. The van der Waals surface area contributed by atoms with Gasteiger partial charge in [0.2, 0.25) is 5.91 Å². The summed E-state index contributed by atoms with van der Waals surface area (Å²) in [6.07, 6.45) is 71.3. The van der Waals surface area contributed by atoms with Gasteiger partial charge in [-0.2, -0.15) is 0 Å². The van der Waals surface area contributed by atoms with Gasteiger partial charge in [0, 0.05) is 0 Å². The monoisotopic (exact) mass is 974 g/mol. The van der Waals surface area contributed by atoms with Gasteiger partial charge in [-0.3, -0.25) is 4.79 Å². The van der Waals surface area contributed by atoms with Crippen molar-refractivity contribution in [3.8, 4) is 0 Å². The fourth-order valence-electron chi connectivity index (χ4n) is 10.0. The van der Waals surface area contributed by atoms with Crippen LogP contribution in [0.1, 0.15) is 341 Å². The number of aliphatic hydroxyl groups excluding tert-OH is 4. The van der Waals surface area contributed by atoms with Crippen molar-refractivity contribution in [3.05, 3.63) is 24.3 Å². The highest BCUT2D eigenvalue weighted by Crippen LogP contribution is 2.19. The normalized spacial score (nSPS) is 13.8. The number of rotatable bonds is 58. The van der Waals surface area contributed by atoms with Gasteiger partial charge in [-0.05, 0) is 51.4 Å². The molecule has 0 saturated heterocycles. The molecule has 1 amide bonds. The average Bonchev–Trinajstić information content (AvgIpc) is 3.35. The number of hydrogen-bond acceptors (Lipinski definition) is 5. The Hall–Kier alpha value is -1.21. The molecule has 6 heteroatoms. The molecule has 0 spiro atoms. The number of amides is 1. The summed E-state index contributed by atoms with van der Waals surface area (Å²) in [7, 11) is 0. The second-order valence-electron chi connectivity index (χ2n) is 21.7. The number of carbonyl (C=O) groups excluding carboxylic acids is 1. The van der Waals surface area contributed by atoms with Crippen LogP contribution in [0.25, 0.3) is 0 Å². The van der Waals surface area contributed by atoms with E-state index in [1.54, 1.807) is 0 Å². The van der Waals surface area contributed by atoms with Gasteiger partial charge >= 0.3 is 0 Å². The maximum absolute atomic E-state index is 12.6. The Labute approximate surface area is 431 Å². The molecule has 5 N–H and O–H groups in total. The minimum Gasteiger partial charge on any atom is -0.394 e. The zero-order chi connectivity index (χ0) is 50.2. The van der Waals surface area contributed by atoms with E-state index in [1.165, 1.54) is 270 Å². The molecular formula is C63H123NO5. The van der Waals surface area contributed by atoms with Crippen LogP contribution >= 0.6 is 0 Å². The van der Waals surface area contributed by atoms with Crippen LogP contribution in [-0.2, 0) is 4.79 Å². The van der Waals surface area contributed by atoms with Crippen molar-refractivity contribution in [2.24, 2.45) is 0 Å². The molecule has 0 saturated carbocycles. The van der Waals surface area contributed by atoms with Crippen LogP contribution in [0.2, 0.25) is 0 Å². The van der Waals surface area contributed by atoms with Crippen molar-refractivity contribution in [3.63, 3.8) is 0 Å². The maximum Gasteiger partial charge on any atom is 0.249 e. The highest BCUT2D eigenvalue weighted by Gasteiger charge is 2.28. The van der Waals surface area contributed by atoms with Gasteiger partial charge in [-0.25, -0.2) is 0 Å². The molecule has 0 heterocycles. The van der Waals surface area contributed by atoms with E-state index >= 15 is 0 Å². The van der Waals surface area contributed by atoms with Crippen molar-refractivity contribution in [2.45, 2.75) is 366 Å². The first-order chi connectivity index (χ1) is 34.0. The molecule has 0 rings (SSSR count). The number of carbonyl (C=O) groups is 1. The second kappa shape index (κ2) is 57.7. The van der Waals surface area contributed by atoms with Gasteiger partial charge in [-0.15, -0.1) is 0 Å². The minimum absolute atomic E-state index is 0.365. The van der Waals surface area contributed by atoms with Crippen LogP contribution in [-0.4, -0.2) is 57.3 Å². The third-order valence-electron chi connectivity index (χ3n) is 14.9. The van der Waals surface area contributed by atoms with Gasteiger partial charge in [0.15, 0.2) is 0 Å². The van der Waals surface area contributed by atoms with Crippen LogP contribution in [0.15, 0.2) is 24.3 Å². The summed E-state index contributed by atoms with van der Waals surface area (Å²) < 4.78 is 0. The number of hydrogen-bond donors (Lipinski definition) is 5. The Bertz CT molecular complexity index is 1050. The van der Waals surface area contributed by atoms with Gasteiger partial charge < -0.3 is 25.7 Å². The second-order valence-corrected chi connectivity index (χ2v) is 21.7. The van der Waals surface area contributed by atoms with Crippen molar-refractivity contribution >= 4 is 5.91 Å². The average molecular weight is 975 g/mol. The quantitative estimate of drug-likeness (QED) is 0.0308. The van der Waals surface area contributed by atoms with Gasteiger partial charge in [-0.1, -0.05) is 314 Å². The molecule has 0 bridgehead atoms. The summed E-state index contributed by atoms with van der Waals surface area (Å²) in [5, 5.41) is 44.1. The number of unbranched alkanes of at least 4 members (excludes halogenated alkanes) is 45. The Morgan fingerprint density at radius 1 is 0.348 bits per heavy atom. The SMILES string of the molecule is CCCCCCCCCCCCCCCCCCC/C=C/CC/C=C/CCCC(O)C(O)C(CO)NC(=O)C(O)CCCCCCCCCCCCCCCCCCCCCCCCCCCCC. The van der Waals surface area contributed by atoms with E-state index in [-0.39, 0.29) is 0 Å². The molecular weight excluding hydrogens is 851 g/mol. The third-order valence-corrected chi connectivity index (χ3v) is 14.9. The van der Waals surface area contributed by atoms with Crippen LogP contribution < -0.4 is 5.32 Å². The first-order valence-electron chi connectivity index (χ1n) is 31.2. The van der Waals surface area contributed by atoms with Crippen molar-refractivity contribution < 1.29 is 25.2 Å². The van der Waals surface area contributed by atoms with E-state index in [1.807, 2.05) is 0 Å². The van der Waals surface area contributed by atoms with Crippen LogP contribution in [0, 0.1) is 0 Å². The summed E-state index contributed by atoms with van der Waals surface area (Å²) in [5.74, 6) is -0.590. The summed E-state index contributed by atoms with van der Waals surface area (Å²) in [4.78, 5) is 12.6. The summed E-state index contributed by atoms with van der Waals surface area (Å²) in [5.41, 5.74) is 0. The van der Waals surface area contributed by atoms with Crippen molar-refractivity contribution in [1.82, 2.24) is 5.32 Å². The largest absolute Gasteiger partial charge is 0.394 e. The fraction of sp³-hybridized carbons (Fsp3) is 0.921. The molecule has 0 aliphatic heterocycles. The number of allylic oxidation sites excluding steroid dienone is 4. The van der Waals surface area contributed by atoms with Crippen LogP contribution in [0.4, 0.5) is 0 Å². The lowest BCUT2D eigenvalue weighted by Gasteiger charge is -2.27. The summed E-state index contributed by atoms with van der Waals surface area (Å²) in [6.45, 7) is 4.09. The minimum atomic E-state index is -1.29. The molecule has 0 fully saturated rings. The van der Waals surface area contributed by atoms with E-state index in [2.05, 4.69) is 43.5 Å². The van der Waals surface area contributed by atoms with Crippen LogP contribution in [0.3, 0.4) is 0 Å². The molecule has 0 aliphatic carbocycles. The maximum atomic E-state index is 12.6. The summed E-state index contributed by atoms with van der Waals surface area (Å²) >= 11 is 0. The molecule has 6 nitrogen and oxygen atoms in total. The van der Waals surface area contributed by atoms with E-state index in [0.717, 1.165) is 38.5 Å². The van der Waals surface area contributed by atoms with Crippen molar-refractivity contribution in [2.75, 3.05) is 6.61 Å². The molecule has 4 unspecified atom stereocenters. The lowest BCUT2D eigenvalue weighted by atomic mass is 10.00. The topological polar surface area (TPSA) is 110 Å². The number of nitrogens with one attached hydrogen (secondary N) is 1. The molecule has 0 aromatic carbocycles. The van der Waals surface area contributed by atoms with Gasteiger partial charge in [0.1, 0.15) is 12.2 Å². The van der Waals surface area contributed by atoms with Crippen LogP contribution in [0.5, 0.6) is 0 Å². The van der Waals surface area contributed by atoms with E-state index in [4.69, 9.17) is 0 Å². The Kier molecular flexibility index (Phi) is 56.7. The number of aliphatic hydroxyl groups is 4. The molecule has 69 heavy (non-hydrogen) atoms. The third kappa shape index (κ3) is 51.5.